The van der Waals surface area contributed by atoms with Crippen molar-refractivity contribution < 1.29 is 34.4 Å². The van der Waals surface area contributed by atoms with Crippen molar-refractivity contribution in [1.29, 1.82) is 0 Å². The number of halogens is 2. The molecule has 1 amide bonds. The lowest BCUT2D eigenvalue weighted by molar-refractivity contribution is 0.0240. The summed E-state index contributed by atoms with van der Waals surface area (Å²) >= 11 is 0. The molecule has 0 aliphatic carbocycles. The van der Waals surface area contributed by atoms with Crippen LogP contribution in [0.5, 0.6) is 5.75 Å². The molecule has 1 saturated heterocycles. The molecule has 0 atom stereocenters. The van der Waals surface area contributed by atoms with Crippen molar-refractivity contribution in [3.05, 3.63) is 23.8 Å². The topological polar surface area (TPSA) is 110 Å². The van der Waals surface area contributed by atoms with Crippen molar-refractivity contribution >= 4 is 42.0 Å². The Labute approximate surface area is 174 Å². The zero-order chi connectivity index (χ0) is 22.0. The van der Waals surface area contributed by atoms with Gasteiger partial charge in [-0.15, -0.1) is 0 Å². The minimum Gasteiger partial charge on any atom is -0.444 e. The van der Waals surface area contributed by atoms with Crippen LogP contribution in [-0.2, 0) is 30.0 Å². The van der Waals surface area contributed by atoms with Gasteiger partial charge in [-0.05, 0) is 38.5 Å². The number of hydrogen-bond acceptors (Lipinski definition) is 8. The molecule has 0 aromatic heterocycles. The van der Waals surface area contributed by atoms with Gasteiger partial charge in [0.2, 0.25) is 9.05 Å². The number of nitrogens with zero attached hydrogens (tertiary/aromatic N) is 2. The molecule has 0 unspecified atom stereocenters. The van der Waals surface area contributed by atoms with E-state index < -0.39 is 37.0 Å². The Balaban J connectivity index is 2.20. The van der Waals surface area contributed by atoms with Crippen LogP contribution in [0.15, 0.2) is 18.2 Å². The van der Waals surface area contributed by atoms with Crippen LogP contribution in [0.4, 0.5) is 14.4 Å². The molecule has 1 aliphatic rings. The van der Waals surface area contributed by atoms with Gasteiger partial charge in [0, 0.05) is 48.6 Å². The minimum absolute atomic E-state index is 0.130. The van der Waals surface area contributed by atoms with Crippen molar-refractivity contribution in [1.82, 2.24) is 4.90 Å². The molecule has 2 rings (SSSR count). The van der Waals surface area contributed by atoms with Crippen LogP contribution in [-0.4, -0.2) is 59.6 Å². The first-order valence-corrected chi connectivity index (χ1v) is 12.3. The van der Waals surface area contributed by atoms with Crippen molar-refractivity contribution in [2.24, 2.45) is 0 Å². The van der Waals surface area contributed by atoms with Gasteiger partial charge in [-0.1, -0.05) is 3.89 Å². The number of ether oxygens (including phenoxy) is 1. The molecular formula is C16H22ClFN2O7S2. The van der Waals surface area contributed by atoms with Gasteiger partial charge >= 0.3 is 16.6 Å². The van der Waals surface area contributed by atoms with E-state index in [2.05, 4.69) is 4.18 Å². The van der Waals surface area contributed by atoms with E-state index in [1.165, 1.54) is 17.0 Å². The summed E-state index contributed by atoms with van der Waals surface area (Å²) in [6, 6.07) is 3.84. The monoisotopic (exact) mass is 472 g/mol. The summed E-state index contributed by atoms with van der Waals surface area (Å²) in [6.45, 7) is 6.65. The summed E-state index contributed by atoms with van der Waals surface area (Å²) in [5.74, 6) is -0.974. The Kier molecular flexibility index (Phi) is 6.90. The van der Waals surface area contributed by atoms with Gasteiger partial charge in [-0.2, -0.15) is 8.42 Å². The fourth-order valence-corrected chi connectivity index (χ4v) is 4.01. The number of piperazine rings is 1. The van der Waals surface area contributed by atoms with Gasteiger partial charge in [-0.25, -0.2) is 13.2 Å². The molecule has 1 aromatic rings. The predicted octanol–water partition coefficient (Wildman–Crippen LogP) is 2.41. The number of carbonyl (C=O) groups excluding carboxylic acids is 1. The zero-order valence-electron chi connectivity index (χ0n) is 16.1. The second-order valence-electron chi connectivity index (χ2n) is 7.45. The molecule has 0 N–H and O–H groups in total. The highest BCUT2D eigenvalue weighted by atomic mass is 35.7. The molecule has 0 bridgehead atoms. The van der Waals surface area contributed by atoms with E-state index in [9.17, 15) is 25.5 Å². The number of hydrogen-bond donors (Lipinski definition) is 0. The average molecular weight is 473 g/mol. The predicted molar refractivity (Wildman–Crippen MR) is 106 cm³/mol. The van der Waals surface area contributed by atoms with Crippen LogP contribution >= 0.6 is 10.7 Å². The Morgan fingerprint density at radius 1 is 1.10 bits per heavy atom. The lowest BCUT2D eigenvalue weighted by Crippen LogP contribution is -2.50. The van der Waals surface area contributed by atoms with E-state index in [0.29, 0.717) is 31.9 Å². The highest BCUT2D eigenvalue weighted by Gasteiger charge is 2.26. The maximum atomic E-state index is 12.9. The highest BCUT2D eigenvalue weighted by Crippen LogP contribution is 2.28. The normalized spacial score (nSPS) is 15.9. The molecule has 13 heteroatoms. The number of anilines is 1. The number of carbonyl (C=O) groups is 1. The van der Waals surface area contributed by atoms with Crippen LogP contribution in [0.3, 0.4) is 0 Å². The zero-order valence-corrected chi connectivity index (χ0v) is 18.5. The fourth-order valence-electron chi connectivity index (χ4n) is 2.75. The molecule has 29 heavy (non-hydrogen) atoms. The first kappa shape index (κ1) is 23.5. The maximum absolute atomic E-state index is 12.9. The van der Waals surface area contributed by atoms with E-state index in [1.54, 1.807) is 25.7 Å². The summed E-state index contributed by atoms with van der Waals surface area (Å²) in [7, 11) is -3.96. The number of benzene rings is 1. The lowest BCUT2D eigenvalue weighted by atomic mass is 10.1. The first-order valence-electron chi connectivity index (χ1n) is 8.54. The standard InChI is InChI=1S/C16H22ClFN2O7S2/c1-16(2,3)26-15(21)20-6-4-19(5-7-20)13-8-12(11-28(17,22)23)9-14(10-13)27-29(18,24)25/h8-10H,4-7,11H2,1-3H3. The lowest BCUT2D eigenvalue weighted by Gasteiger charge is -2.37. The van der Waals surface area contributed by atoms with Crippen molar-refractivity contribution in [3.8, 4) is 5.75 Å². The Morgan fingerprint density at radius 3 is 2.17 bits per heavy atom. The summed E-state index contributed by atoms with van der Waals surface area (Å²) in [5, 5.41) is 0. The van der Waals surface area contributed by atoms with Crippen LogP contribution in [0.25, 0.3) is 0 Å². The largest absolute Gasteiger partial charge is 0.488 e. The molecule has 1 heterocycles. The Morgan fingerprint density at radius 2 is 1.69 bits per heavy atom. The van der Waals surface area contributed by atoms with Gasteiger partial charge in [-0.3, -0.25) is 0 Å². The van der Waals surface area contributed by atoms with Crippen molar-refractivity contribution in [2.75, 3.05) is 31.1 Å². The van der Waals surface area contributed by atoms with Gasteiger partial charge in [0.15, 0.2) is 0 Å². The molecule has 1 fully saturated rings. The molecular weight excluding hydrogens is 451 g/mol. The third kappa shape index (κ3) is 8.23. The van der Waals surface area contributed by atoms with Crippen molar-refractivity contribution in [3.63, 3.8) is 0 Å². The van der Waals surface area contributed by atoms with Gasteiger partial charge in [0.1, 0.15) is 11.4 Å². The number of rotatable bonds is 5. The van der Waals surface area contributed by atoms with Crippen LogP contribution < -0.4 is 9.08 Å². The molecule has 0 spiro atoms. The van der Waals surface area contributed by atoms with Crippen molar-refractivity contribution in [2.45, 2.75) is 32.1 Å². The van der Waals surface area contributed by atoms with Gasteiger partial charge < -0.3 is 18.7 Å². The van der Waals surface area contributed by atoms with Crippen LogP contribution in [0.2, 0.25) is 0 Å². The summed E-state index contributed by atoms with van der Waals surface area (Å²) in [5.41, 5.74) is -0.0873. The van der Waals surface area contributed by atoms with Crippen LogP contribution in [0, 0.1) is 0 Å². The second-order valence-corrected chi connectivity index (χ2v) is 11.2. The molecule has 0 saturated carbocycles. The smallest absolute Gasteiger partial charge is 0.444 e. The molecule has 0 radical (unpaired) electrons. The van der Waals surface area contributed by atoms with Gasteiger partial charge in [0.05, 0.1) is 5.75 Å². The SMILES string of the molecule is CC(C)(C)OC(=O)N1CCN(c2cc(CS(=O)(=O)Cl)cc(OS(=O)(=O)F)c2)CC1. The molecule has 1 aromatic carbocycles. The van der Waals surface area contributed by atoms with E-state index in [0.717, 1.165) is 6.07 Å². The van der Waals surface area contributed by atoms with Crippen LogP contribution in [0.1, 0.15) is 26.3 Å². The maximum Gasteiger partial charge on any atom is 0.488 e. The highest BCUT2D eigenvalue weighted by molar-refractivity contribution is 8.13. The molecule has 1 aliphatic heterocycles. The van der Waals surface area contributed by atoms with Gasteiger partial charge in [0.25, 0.3) is 0 Å². The number of amides is 1. The Hall–Kier alpha value is -1.79. The molecule has 9 nitrogen and oxygen atoms in total. The quantitative estimate of drug-likeness (QED) is 0.601. The second kappa shape index (κ2) is 8.52. The Bertz CT molecular complexity index is 917. The summed E-state index contributed by atoms with van der Waals surface area (Å²) in [6.07, 6.45) is -0.452. The van der Waals surface area contributed by atoms with E-state index >= 15 is 0 Å². The summed E-state index contributed by atoms with van der Waals surface area (Å²) in [4.78, 5) is 15.5. The average Bonchev–Trinajstić information content (AvgIpc) is 2.49. The molecule has 164 valence electrons. The van der Waals surface area contributed by atoms with E-state index in [-0.39, 0.29) is 11.3 Å². The van der Waals surface area contributed by atoms with E-state index in [4.69, 9.17) is 15.4 Å². The third-order valence-electron chi connectivity index (χ3n) is 3.78. The minimum atomic E-state index is -5.29. The fraction of sp³-hybridized carbons (Fsp3) is 0.562. The van der Waals surface area contributed by atoms with E-state index in [1.807, 2.05) is 0 Å². The first-order chi connectivity index (χ1) is 13.1. The third-order valence-corrected chi connectivity index (χ3v) is 5.18. The summed E-state index contributed by atoms with van der Waals surface area (Å²) < 4.78 is 66.9.